The van der Waals surface area contributed by atoms with E-state index in [9.17, 15) is 9.59 Å². The van der Waals surface area contributed by atoms with E-state index in [0.717, 1.165) is 5.69 Å². The second kappa shape index (κ2) is 7.67. The molecule has 1 N–H and O–H groups in total. The van der Waals surface area contributed by atoms with Crippen molar-refractivity contribution in [3.63, 3.8) is 0 Å². The predicted molar refractivity (Wildman–Crippen MR) is 92.2 cm³/mol. The van der Waals surface area contributed by atoms with E-state index in [0.29, 0.717) is 17.5 Å². The lowest BCUT2D eigenvalue weighted by molar-refractivity contribution is -0.130. The Bertz CT molecular complexity index is 650. The van der Waals surface area contributed by atoms with Crippen molar-refractivity contribution in [2.45, 2.75) is 44.2 Å². The molecule has 0 aliphatic carbocycles. The average Bonchev–Trinajstić information content (AvgIpc) is 2.54. The van der Waals surface area contributed by atoms with Crippen molar-refractivity contribution in [2.75, 3.05) is 26.5 Å². The van der Waals surface area contributed by atoms with Crippen molar-refractivity contribution in [3.05, 3.63) is 22.1 Å². The molecule has 24 heavy (non-hydrogen) atoms. The molecule has 0 aromatic carbocycles. The molecule has 0 spiro atoms. The number of nitrogens with one attached hydrogen (secondary N) is 1. The number of hydrogen-bond donors (Lipinski definition) is 1. The lowest BCUT2D eigenvalue weighted by Crippen LogP contribution is -2.43. The van der Waals surface area contributed by atoms with Gasteiger partial charge in [-0.1, -0.05) is 32.5 Å². The molecular weight excluding hydrogens is 330 g/mol. The van der Waals surface area contributed by atoms with Gasteiger partial charge < -0.3 is 14.8 Å². The van der Waals surface area contributed by atoms with Gasteiger partial charge in [0, 0.05) is 38.0 Å². The Kier molecular flexibility index (Phi) is 6.06. The molecule has 7 nitrogen and oxygen atoms in total. The third-order valence-electron chi connectivity index (χ3n) is 3.90. The van der Waals surface area contributed by atoms with Crippen LogP contribution in [0.4, 0.5) is 0 Å². The summed E-state index contributed by atoms with van der Waals surface area (Å²) in [7, 11) is 3.04. The van der Waals surface area contributed by atoms with Gasteiger partial charge in [-0.2, -0.15) is 0 Å². The molecule has 1 aliphatic rings. The summed E-state index contributed by atoms with van der Waals surface area (Å²) in [5.41, 5.74) is 0.484. The van der Waals surface area contributed by atoms with Crippen molar-refractivity contribution >= 4 is 17.7 Å². The van der Waals surface area contributed by atoms with Gasteiger partial charge in [-0.15, -0.1) is 0 Å². The predicted octanol–water partition coefficient (Wildman–Crippen LogP) is 0.998. The molecule has 1 amide bonds. The molecule has 134 valence electrons. The Morgan fingerprint density at radius 3 is 2.71 bits per heavy atom. The van der Waals surface area contributed by atoms with Gasteiger partial charge in [0.2, 0.25) is 5.91 Å². The minimum Gasteiger partial charge on any atom is -0.354 e. The largest absolute Gasteiger partial charge is 0.354 e. The molecule has 1 unspecified atom stereocenters. The highest BCUT2D eigenvalue weighted by Crippen LogP contribution is 2.27. The van der Waals surface area contributed by atoms with Crippen LogP contribution in [0.2, 0.25) is 0 Å². The van der Waals surface area contributed by atoms with Crippen molar-refractivity contribution < 1.29 is 14.3 Å². The number of thioether (sulfide) groups is 1. The maximum absolute atomic E-state index is 12.4. The van der Waals surface area contributed by atoms with Crippen molar-refractivity contribution in [1.82, 2.24) is 14.9 Å². The Hall–Kier alpha value is -1.38. The second-order valence-corrected chi connectivity index (χ2v) is 7.76. The molecule has 0 bridgehead atoms. The number of carbonyl (C=O) groups is 1. The van der Waals surface area contributed by atoms with Crippen LogP contribution in [0.1, 0.15) is 26.5 Å². The van der Waals surface area contributed by atoms with Crippen LogP contribution in [0.25, 0.3) is 0 Å². The van der Waals surface area contributed by atoms with Gasteiger partial charge in [0.15, 0.2) is 11.4 Å². The zero-order valence-corrected chi connectivity index (χ0v) is 15.6. The Balaban J connectivity index is 2.09. The first-order valence-electron chi connectivity index (χ1n) is 7.84. The number of rotatable bonds is 5. The van der Waals surface area contributed by atoms with Crippen LogP contribution < -0.4 is 10.9 Å². The fourth-order valence-electron chi connectivity index (χ4n) is 2.35. The molecule has 2 rings (SSSR count). The van der Waals surface area contributed by atoms with Crippen LogP contribution in [0.3, 0.4) is 0 Å². The summed E-state index contributed by atoms with van der Waals surface area (Å²) in [4.78, 5) is 29.3. The van der Waals surface area contributed by atoms with Crippen LogP contribution >= 0.6 is 11.8 Å². The van der Waals surface area contributed by atoms with Gasteiger partial charge in [0.05, 0.1) is 18.2 Å². The number of nitrogens with zero attached hydrogens (tertiary/aromatic N) is 2. The third-order valence-corrected chi connectivity index (χ3v) is 5.04. The Morgan fingerprint density at radius 1 is 1.46 bits per heavy atom. The van der Waals surface area contributed by atoms with Crippen LogP contribution in [0, 0.1) is 5.92 Å². The van der Waals surface area contributed by atoms with Gasteiger partial charge in [-0.25, -0.2) is 4.98 Å². The first kappa shape index (κ1) is 19.0. The zero-order valence-electron chi connectivity index (χ0n) is 14.8. The lowest BCUT2D eigenvalue weighted by atomic mass is 9.92. The molecule has 1 aromatic rings. The SMILES string of the molecule is COC(CNC(=O)C1CSc2nc(C(C)(C)C)cc(=O)n2C1)OC. The van der Waals surface area contributed by atoms with E-state index in [1.54, 1.807) is 10.6 Å². The number of carbonyl (C=O) groups excluding carboxylic acids is 1. The third kappa shape index (κ3) is 4.37. The van der Waals surface area contributed by atoms with Crippen molar-refractivity contribution in [1.29, 1.82) is 0 Å². The van der Waals surface area contributed by atoms with Crippen LogP contribution in [0.5, 0.6) is 0 Å². The minimum atomic E-state index is -0.476. The molecule has 2 heterocycles. The van der Waals surface area contributed by atoms with E-state index >= 15 is 0 Å². The molecule has 0 fully saturated rings. The van der Waals surface area contributed by atoms with E-state index in [4.69, 9.17) is 9.47 Å². The first-order chi connectivity index (χ1) is 11.3. The highest BCUT2D eigenvalue weighted by molar-refractivity contribution is 7.99. The molecule has 0 radical (unpaired) electrons. The number of hydrogen-bond acceptors (Lipinski definition) is 6. The quantitative estimate of drug-likeness (QED) is 0.627. The molecular formula is C16H25N3O4S. The maximum Gasteiger partial charge on any atom is 0.254 e. The van der Waals surface area contributed by atoms with Crippen LogP contribution in [-0.4, -0.2) is 48.3 Å². The Morgan fingerprint density at radius 2 is 2.12 bits per heavy atom. The summed E-state index contributed by atoms with van der Waals surface area (Å²) in [6.45, 7) is 6.69. The summed E-state index contributed by atoms with van der Waals surface area (Å²) < 4.78 is 11.7. The van der Waals surface area contributed by atoms with Gasteiger partial charge in [0.25, 0.3) is 5.56 Å². The van der Waals surface area contributed by atoms with Gasteiger partial charge in [-0.3, -0.25) is 14.2 Å². The Labute approximate surface area is 146 Å². The number of amides is 1. The standard InChI is InChI=1S/C16H25N3O4S/c1-16(2,3)11-6-12(20)19-8-10(9-24-15(19)18-11)14(21)17-7-13(22-4)23-5/h6,10,13H,7-9H2,1-5H3,(H,17,21). The normalized spacial score (nSPS) is 17.7. The molecule has 0 saturated carbocycles. The summed E-state index contributed by atoms with van der Waals surface area (Å²) in [5.74, 6) is 0.201. The van der Waals surface area contributed by atoms with Gasteiger partial charge in [0.1, 0.15) is 0 Å². The molecule has 1 aromatic heterocycles. The number of methoxy groups -OCH3 is 2. The van der Waals surface area contributed by atoms with Crippen molar-refractivity contribution in [2.24, 2.45) is 5.92 Å². The summed E-state index contributed by atoms with van der Waals surface area (Å²) in [5, 5.41) is 3.49. The van der Waals surface area contributed by atoms with Crippen LogP contribution in [-0.2, 0) is 26.2 Å². The minimum absolute atomic E-state index is 0.110. The van der Waals surface area contributed by atoms with Gasteiger partial charge >= 0.3 is 0 Å². The molecule has 1 aliphatic heterocycles. The highest BCUT2D eigenvalue weighted by Gasteiger charge is 2.28. The fraction of sp³-hybridized carbons (Fsp3) is 0.688. The maximum atomic E-state index is 12.4. The smallest absolute Gasteiger partial charge is 0.254 e. The topological polar surface area (TPSA) is 82.5 Å². The fourth-order valence-corrected chi connectivity index (χ4v) is 3.44. The van der Waals surface area contributed by atoms with Crippen LogP contribution in [0.15, 0.2) is 16.0 Å². The van der Waals surface area contributed by atoms with E-state index < -0.39 is 6.29 Å². The summed E-state index contributed by atoms with van der Waals surface area (Å²) in [6.07, 6.45) is -0.476. The van der Waals surface area contributed by atoms with Gasteiger partial charge in [-0.05, 0) is 0 Å². The zero-order chi connectivity index (χ0) is 17.9. The molecule has 8 heteroatoms. The summed E-state index contributed by atoms with van der Waals surface area (Å²) >= 11 is 1.44. The van der Waals surface area contributed by atoms with E-state index in [-0.39, 0.29) is 29.3 Å². The summed E-state index contributed by atoms with van der Waals surface area (Å²) in [6, 6.07) is 1.57. The lowest BCUT2D eigenvalue weighted by Gasteiger charge is -2.27. The van der Waals surface area contributed by atoms with E-state index in [1.807, 2.05) is 20.8 Å². The van der Waals surface area contributed by atoms with E-state index in [1.165, 1.54) is 26.0 Å². The molecule has 1 atom stereocenters. The van der Waals surface area contributed by atoms with Crippen molar-refractivity contribution in [3.8, 4) is 0 Å². The number of aromatic nitrogens is 2. The number of fused-ring (bicyclic) bond motifs is 1. The van der Waals surface area contributed by atoms with E-state index in [2.05, 4.69) is 10.3 Å². The first-order valence-corrected chi connectivity index (χ1v) is 8.83. The second-order valence-electron chi connectivity index (χ2n) is 6.78. The molecule has 0 saturated heterocycles. The average molecular weight is 355 g/mol. The monoisotopic (exact) mass is 355 g/mol. The highest BCUT2D eigenvalue weighted by atomic mass is 32.2. The number of ether oxygens (including phenoxy) is 2.